The number of hydrogen-bond donors (Lipinski definition) is 2. The maximum Gasteiger partial charge on any atom is 0.240 e. The summed E-state index contributed by atoms with van der Waals surface area (Å²) in [6, 6.07) is 4.91. The molecule has 7 heteroatoms. The molecule has 0 saturated carbocycles. The molecule has 0 aliphatic heterocycles. The third kappa shape index (κ3) is 4.75. The minimum Gasteiger partial charge on any atom is -0.497 e. The predicted octanol–water partition coefficient (Wildman–Crippen LogP) is 0.0363. The van der Waals surface area contributed by atoms with Crippen molar-refractivity contribution in [1.82, 2.24) is 9.62 Å². The fraction of sp³-hybridized carbons (Fsp3) is 0.538. The molecular formula is C13H23N3O3S. The lowest BCUT2D eigenvalue weighted by atomic mass is 10.1. The van der Waals surface area contributed by atoms with E-state index < -0.39 is 10.0 Å². The smallest absolute Gasteiger partial charge is 0.240 e. The summed E-state index contributed by atoms with van der Waals surface area (Å²) in [6.45, 7) is 1.39. The summed E-state index contributed by atoms with van der Waals surface area (Å²) in [6.07, 6.45) is 0.487. The monoisotopic (exact) mass is 301 g/mol. The van der Waals surface area contributed by atoms with Crippen LogP contribution in [0.3, 0.4) is 0 Å². The second-order valence-electron chi connectivity index (χ2n) is 4.71. The van der Waals surface area contributed by atoms with Gasteiger partial charge in [-0.05, 0) is 50.8 Å². The Hall–Kier alpha value is -1.15. The van der Waals surface area contributed by atoms with Crippen molar-refractivity contribution in [3.63, 3.8) is 0 Å². The van der Waals surface area contributed by atoms with E-state index in [0.29, 0.717) is 37.4 Å². The highest BCUT2D eigenvalue weighted by atomic mass is 32.2. The highest BCUT2D eigenvalue weighted by molar-refractivity contribution is 7.89. The van der Waals surface area contributed by atoms with E-state index in [9.17, 15) is 8.42 Å². The van der Waals surface area contributed by atoms with Gasteiger partial charge in [0.05, 0.1) is 12.0 Å². The summed E-state index contributed by atoms with van der Waals surface area (Å²) in [5.74, 6) is 0.626. The van der Waals surface area contributed by atoms with Gasteiger partial charge in [0, 0.05) is 13.1 Å². The largest absolute Gasteiger partial charge is 0.497 e. The number of benzene rings is 1. The Kier molecular flexibility index (Phi) is 6.41. The molecule has 0 aliphatic rings. The fourth-order valence-corrected chi connectivity index (χ4v) is 3.05. The highest BCUT2D eigenvalue weighted by Crippen LogP contribution is 2.22. The number of sulfonamides is 1. The number of methoxy groups -OCH3 is 1. The van der Waals surface area contributed by atoms with Crippen LogP contribution >= 0.6 is 0 Å². The van der Waals surface area contributed by atoms with Crippen molar-refractivity contribution in [2.24, 2.45) is 5.73 Å². The van der Waals surface area contributed by atoms with E-state index in [4.69, 9.17) is 10.5 Å². The van der Waals surface area contributed by atoms with Crippen LogP contribution < -0.4 is 15.2 Å². The van der Waals surface area contributed by atoms with E-state index in [-0.39, 0.29) is 4.90 Å². The summed E-state index contributed by atoms with van der Waals surface area (Å²) in [4.78, 5) is 2.18. The van der Waals surface area contributed by atoms with Crippen molar-refractivity contribution < 1.29 is 13.2 Å². The van der Waals surface area contributed by atoms with E-state index in [1.807, 2.05) is 19.0 Å². The quantitative estimate of drug-likeness (QED) is 0.708. The van der Waals surface area contributed by atoms with Gasteiger partial charge < -0.3 is 15.4 Å². The van der Waals surface area contributed by atoms with Crippen LogP contribution in [0, 0.1) is 0 Å². The molecule has 0 aliphatic carbocycles. The van der Waals surface area contributed by atoms with Gasteiger partial charge in [0.15, 0.2) is 0 Å². The van der Waals surface area contributed by atoms with E-state index in [1.54, 1.807) is 25.3 Å². The minimum atomic E-state index is -3.52. The van der Waals surface area contributed by atoms with Gasteiger partial charge in [-0.1, -0.05) is 0 Å². The Morgan fingerprint density at radius 3 is 2.60 bits per heavy atom. The molecule has 1 rings (SSSR count). The van der Waals surface area contributed by atoms with Gasteiger partial charge in [0.2, 0.25) is 10.0 Å². The van der Waals surface area contributed by atoms with Crippen molar-refractivity contribution in [3.05, 3.63) is 23.8 Å². The van der Waals surface area contributed by atoms with Crippen LogP contribution in [-0.2, 0) is 16.4 Å². The molecule has 0 bridgehead atoms. The molecule has 20 heavy (non-hydrogen) atoms. The maximum atomic E-state index is 12.3. The molecule has 6 nitrogen and oxygen atoms in total. The number of likely N-dealkylation sites (N-methyl/N-ethyl adjacent to an activating group) is 1. The second-order valence-corrected chi connectivity index (χ2v) is 6.45. The molecule has 0 heterocycles. The molecule has 0 radical (unpaired) electrons. The molecular weight excluding hydrogens is 278 g/mol. The summed E-state index contributed by atoms with van der Waals surface area (Å²) in [5, 5.41) is 0. The topological polar surface area (TPSA) is 84.7 Å². The van der Waals surface area contributed by atoms with Gasteiger partial charge in [0.25, 0.3) is 0 Å². The number of nitrogens with two attached hydrogens (primary N) is 1. The van der Waals surface area contributed by atoms with Crippen molar-refractivity contribution >= 4 is 10.0 Å². The lowest BCUT2D eigenvalue weighted by Crippen LogP contribution is -2.32. The first-order valence-corrected chi connectivity index (χ1v) is 7.90. The van der Waals surface area contributed by atoms with Crippen LogP contribution in [0.25, 0.3) is 0 Å². The summed E-state index contributed by atoms with van der Waals surface area (Å²) >= 11 is 0. The maximum absolute atomic E-state index is 12.3. The number of nitrogens with zero attached hydrogens (tertiary/aromatic N) is 1. The summed E-state index contributed by atoms with van der Waals surface area (Å²) in [5.41, 5.74) is 6.21. The van der Waals surface area contributed by atoms with Crippen LogP contribution in [0.4, 0.5) is 0 Å². The average Bonchev–Trinajstić information content (AvgIpc) is 2.38. The Bertz CT molecular complexity index is 530. The van der Waals surface area contributed by atoms with E-state index in [0.717, 1.165) is 0 Å². The number of nitrogens with one attached hydrogen (secondary N) is 1. The molecule has 1 aromatic carbocycles. The molecule has 0 atom stereocenters. The SMILES string of the molecule is COc1ccc(S(=O)(=O)NCCN(C)C)c(CCN)c1. The Balaban J connectivity index is 2.98. The lowest BCUT2D eigenvalue weighted by molar-refractivity contribution is 0.412. The number of hydrogen-bond acceptors (Lipinski definition) is 5. The van der Waals surface area contributed by atoms with Gasteiger partial charge in [-0.15, -0.1) is 0 Å². The summed E-state index contributed by atoms with van der Waals surface area (Å²) < 4.78 is 32.3. The van der Waals surface area contributed by atoms with Crippen molar-refractivity contribution in [1.29, 1.82) is 0 Å². The van der Waals surface area contributed by atoms with Gasteiger partial charge in [0.1, 0.15) is 5.75 Å². The standard InChI is InChI=1S/C13H23N3O3S/c1-16(2)9-8-15-20(17,18)13-5-4-12(19-3)10-11(13)6-7-14/h4-5,10,15H,6-9,14H2,1-3H3. The molecule has 3 N–H and O–H groups in total. The third-order valence-corrected chi connectivity index (χ3v) is 4.38. The van der Waals surface area contributed by atoms with Gasteiger partial charge in [-0.3, -0.25) is 0 Å². The van der Waals surface area contributed by atoms with Gasteiger partial charge in [-0.25, -0.2) is 13.1 Å². The zero-order chi connectivity index (χ0) is 15.2. The molecule has 0 aromatic heterocycles. The number of rotatable bonds is 8. The van der Waals surface area contributed by atoms with Gasteiger partial charge in [-0.2, -0.15) is 0 Å². The van der Waals surface area contributed by atoms with E-state index >= 15 is 0 Å². The third-order valence-electron chi connectivity index (χ3n) is 2.82. The van der Waals surface area contributed by atoms with Crippen molar-refractivity contribution in [2.45, 2.75) is 11.3 Å². The van der Waals surface area contributed by atoms with Crippen LogP contribution in [0.15, 0.2) is 23.1 Å². The van der Waals surface area contributed by atoms with Gasteiger partial charge >= 0.3 is 0 Å². The summed E-state index contributed by atoms with van der Waals surface area (Å²) in [7, 11) is 1.81. The molecule has 0 spiro atoms. The number of ether oxygens (including phenoxy) is 1. The Morgan fingerprint density at radius 2 is 2.05 bits per heavy atom. The average molecular weight is 301 g/mol. The second kappa shape index (κ2) is 7.58. The molecule has 0 fully saturated rings. The van der Waals surface area contributed by atoms with Crippen molar-refractivity contribution in [3.8, 4) is 5.75 Å². The zero-order valence-electron chi connectivity index (χ0n) is 12.2. The van der Waals surface area contributed by atoms with E-state index in [1.165, 1.54) is 0 Å². The predicted molar refractivity (Wildman–Crippen MR) is 79.5 cm³/mol. The highest BCUT2D eigenvalue weighted by Gasteiger charge is 2.18. The normalized spacial score (nSPS) is 11.8. The first kappa shape index (κ1) is 16.9. The van der Waals surface area contributed by atoms with Crippen LogP contribution in [0.1, 0.15) is 5.56 Å². The zero-order valence-corrected chi connectivity index (χ0v) is 13.0. The Morgan fingerprint density at radius 1 is 1.35 bits per heavy atom. The van der Waals surface area contributed by atoms with Crippen LogP contribution in [0.5, 0.6) is 5.75 Å². The van der Waals surface area contributed by atoms with E-state index in [2.05, 4.69) is 4.72 Å². The molecule has 114 valence electrons. The van der Waals surface area contributed by atoms with Crippen molar-refractivity contribution in [2.75, 3.05) is 40.8 Å². The lowest BCUT2D eigenvalue weighted by Gasteiger charge is -2.14. The first-order valence-electron chi connectivity index (χ1n) is 6.42. The Labute approximate surface area is 121 Å². The minimum absolute atomic E-state index is 0.266. The molecule has 1 aromatic rings. The van der Waals surface area contributed by atoms with Crippen LogP contribution in [-0.4, -0.2) is 54.2 Å². The fourth-order valence-electron chi connectivity index (χ4n) is 1.78. The van der Waals surface area contributed by atoms with Crippen LogP contribution in [0.2, 0.25) is 0 Å². The first-order chi connectivity index (χ1) is 9.40. The molecule has 0 amide bonds. The molecule has 0 saturated heterocycles. The molecule has 0 unspecified atom stereocenters.